The molecule has 2 N–H and O–H groups in total. The summed E-state index contributed by atoms with van der Waals surface area (Å²) < 4.78 is 0. The summed E-state index contributed by atoms with van der Waals surface area (Å²) in [5, 5.41) is 22.7. The highest BCUT2D eigenvalue weighted by molar-refractivity contribution is 5.97. The first-order chi connectivity index (χ1) is 10.1. The Hall–Kier alpha value is -1.35. The molecule has 3 nitrogen and oxygen atoms in total. The van der Waals surface area contributed by atoms with Crippen LogP contribution in [0, 0.1) is 17.3 Å². The van der Waals surface area contributed by atoms with Crippen LogP contribution in [0.25, 0.3) is 0 Å². The van der Waals surface area contributed by atoms with E-state index in [1.807, 2.05) is 0 Å². The summed E-state index contributed by atoms with van der Waals surface area (Å²) in [5.41, 5.74) is 5.14. The molecule has 0 bridgehead atoms. The largest absolute Gasteiger partial charge is 0.411 e. The lowest BCUT2D eigenvalue weighted by molar-refractivity contribution is 0.0586. The Balaban J connectivity index is 1.79. The molecule has 0 saturated heterocycles. The lowest BCUT2D eigenvalue weighted by Crippen LogP contribution is -2.39. The van der Waals surface area contributed by atoms with Crippen LogP contribution in [-0.2, 0) is 0 Å². The van der Waals surface area contributed by atoms with E-state index in [0.29, 0.717) is 11.8 Å². The third kappa shape index (κ3) is 1.80. The average molecular weight is 285 g/mol. The summed E-state index contributed by atoms with van der Waals surface area (Å²) in [6, 6.07) is 0. The second-order valence-electron chi connectivity index (χ2n) is 7.24. The van der Waals surface area contributed by atoms with E-state index in [2.05, 4.69) is 30.3 Å². The van der Waals surface area contributed by atoms with Crippen molar-refractivity contribution in [1.82, 2.24) is 0 Å². The van der Waals surface area contributed by atoms with Gasteiger partial charge in [0.15, 0.2) is 0 Å². The van der Waals surface area contributed by atoms with Gasteiger partial charge in [-0.05, 0) is 73.2 Å². The number of nitrogens with zero attached hydrogens (tertiary/aromatic N) is 1. The van der Waals surface area contributed by atoms with Gasteiger partial charge in [0.2, 0.25) is 0 Å². The zero-order chi connectivity index (χ0) is 14.6. The molecular formula is C18H23NO2. The quantitative estimate of drug-likeness (QED) is 0.528. The molecule has 4 aliphatic carbocycles. The van der Waals surface area contributed by atoms with E-state index in [1.165, 1.54) is 23.1 Å². The topological polar surface area (TPSA) is 52.8 Å². The number of aliphatic hydroxyl groups is 1. The van der Waals surface area contributed by atoms with Crippen LogP contribution in [0.4, 0.5) is 0 Å². The summed E-state index contributed by atoms with van der Waals surface area (Å²) in [7, 11) is 0. The molecule has 0 spiro atoms. The van der Waals surface area contributed by atoms with Crippen molar-refractivity contribution in [2.45, 2.75) is 51.6 Å². The molecule has 112 valence electrons. The molecule has 0 aromatic rings. The summed E-state index contributed by atoms with van der Waals surface area (Å²) >= 11 is 0. The summed E-state index contributed by atoms with van der Waals surface area (Å²) in [5.74, 6) is 1.20. The highest BCUT2D eigenvalue weighted by atomic mass is 16.4. The standard InChI is InChI=1S/C18H23NO2/c1-18-9-8-14-13-5-3-12(19-21)10-11(13)2-4-15(14)16(18)6-7-17(18)20/h8-10,15-17,20-21H,2-7H2,1H3/b19-12+/t15-,16+,17+,18+/m1/s1. The molecule has 1 fully saturated rings. The Bertz CT molecular complexity index is 598. The van der Waals surface area contributed by atoms with Crippen LogP contribution >= 0.6 is 0 Å². The molecule has 4 atom stereocenters. The first kappa shape index (κ1) is 13.3. The van der Waals surface area contributed by atoms with Crippen molar-refractivity contribution in [3.63, 3.8) is 0 Å². The van der Waals surface area contributed by atoms with E-state index in [0.717, 1.165) is 37.8 Å². The van der Waals surface area contributed by atoms with E-state index in [4.69, 9.17) is 5.21 Å². The SMILES string of the molecule is C[C@]12C=CC3=C4CC/C(=N\O)C=C4CC[C@H]3[C@@H]1CC[C@@H]2O. The van der Waals surface area contributed by atoms with E-state index in [9.17, 15) is 5.11 Å². The molecule has 0 aliphatic heterocycles. The van der Waals surface area contributed by atoms with Gasteiger partial charge in [-0.2, -0.15) is 0 Å². The van der Waals surface area contributed by atoms with E-state index < -0.39 is 0 Å². The minimum atomic E-state index is -0.179. The fraction of sp³-hybridized carbons (Fsp3) is 0.611. The average Bonchev–Trinajstić information content (AvgIpc) is 2.82. The lowest BCUT2D eigenvalue weighted by atomic mass is 9.60. The van der Waals surface area contributed by atoms with Gasteiger partial charge in [0.25, 0.3) is 0 Å². The van der Waals surface area contributed by atoms with Crippen molar-refractivity contribution in [2.24, 2.45) is 22.4 Å². The lowest BCUT2D eigenvalue weighted by Gasteiger charge is -2.44. The summed E-state index contributed by atoms with van der Waals surface area (Å²) in [6.07, 6.45) is 12.6. The Morgan fingerprint density at radius 1 is 1.19 bits per heavy atom. The van der Waals surface area contributed by atoms with Crippen LogP contribution in [0.5, 0.6) is 0 Å². The summed E-state index contributed by atoms with van der Waals surface area (Å²) in [6.45, 7) is 2.23. The van der Waals surface area contributed by atoms with E-state index in [-0.39, 0.29) is 11.5 Å². The summed E-state index contributed by atoms with van der Waals surface area (Å²) in [4.78, 5) is 0. The predicted octanol–water partition coefficient (Wildman–Crippen LogP) is 3.59. The van der Waals surface area contributed by atoms with Crippen molar-refractivity contribution >= 4 is 5.71 Å². The zero-order valence-electron chi connectivity index (χ0n) is 12.5. The van der Waals surface area contributed by atoms with Gasteiger partial charge in [0.05, 0.1) is 11.8 Å². The zero-order valence-corrected chi connectivity index (χ0v) is 12.5. The maximum Gasteiger partial charge on any atom is 0.0801 e. The monoisotopic (exact) mass is 285 g/mol. The van der Waals surface area contributed by atoms with Crippen molar-refractivity contribution in [2.75, 3.05) is 0 Å². The molecule has 0 unspecified atom stereocenters. The van der Waals surface area contributed by atoms with Gasteiger partial charge in [-0.25, -0.2) is 0 Å². The number of rotatable bonds is 0. The third-order valence-electron chi connectivity index (χ3n) is 6.34. The molecule has 0 radical (unpaired) electrons. The molecular weight excluding hydrogens is 262 g/mol. The van der Waals surface area contributed by atoms with Gasteiger partial charge in [-0.1, -0.05) is 24.2 Å². The van der Waals surface area contributed by atoms with Crippen LogP contribution < -0.4 is 0 Å². The van der Waals surface area contributed by atoms with E-state index in [1.54, 1.807) is 0 Å². The van der Waals surface area contributed by atoms with Gasteiger partial charge >= 0.3 is 0 Å². The number of oxime groups is 1. The maximum absolute atomic E-state index is 10.4. The van der Waals surface area contributed by atoms with E-state index >= 15 is 0 Å². The molecule has 0 aromatic carbocycles. The number of fused-ring (bicyclic) bond motifs is 4. The minimum absolute atomic E-state index is 0.0255. The first-order valence-corrected chi connectivity index (χ1v) is 8.15. The molecule has 3 heteroatoms. The molecule has 0 heterocycles. The smallest absolute Gasteiger partial charge is 0.0801 e. The molecule has 0 aromatic heterocycles. The minimum Gasteiger partial charge on any atom is -0.411 e. The van der Waals surface area contributed by atoms with Crippen molar-refractivity contribution in [1.29, 1.82) is 0 Å². The van der Waals surface area contributed by atoms with Crippen LogP contribution in [0.1, 0.15) is 45.4 Å². The second-order valence-corrected chi connectivity index (χ2v) is 7.24. The highest BCUT2D eigenvalue weighted by Gasteiger charge is 2.51. The van der Waals surface area contributed by atoms with Crippen LogP contribution in [0.2, 0.25) is 0 Å². The van der Waals surface area contributed by atoms with Gasteiger partial charge in [0.1, 0.15) is 0 Å². The Kier molecular flexibility index (Phi) is 2.90. The van der Waals surface area contributed by atoms with Crippen molar-refractivity contribution in [3.8, 4) is 0 Å². The van der Waals surface area contributed by atoms with Gasteiger partial charge in [-0.3, -0.25) is 0 Å². The fourth-order valence-electron chi connectivity index (χ4n) is 5.08. The number of hydrogen-bond donors (Lipinski definition) is 2. The highest BCUT2D eigenvalue weighted by Crippen LogP contribution is 2.57. The molecule has 0 amide bonds. The number of aliphatic hydroxyl groups excluding tert-OH is 1. The fourth-order valence-corrected chi connectivity index (χ4v) is 5.08. The normalized spacial score (nSPS) is 43.4. The molecule has 1 saturated carbocycles. The van der Waals surface area contributed by atoms with Gasteiger partial charge in [-0.15, -0.1) is 0 Å². The molecule has 4 aliphatic rings. The Morgan fingerprint density at radius 2 is 2.05 bits per heavy atom. The number of allylic oxidation sites excluding steroid dienone is 5. The Morgan fingerprint density at radius 3 is 2.86 bits per heavy atom. The van der Waals surface area contributed by atoms with Gasteiger partial charge < -0.3 is 10.3 Å². The van der Waals surface area contributed by atoms with Crippen LogP contribution in [-0.4, -0.2) is 22.1 Å². The number of hydrogen-bond acceptors (Lipinski definition) is 3. The van der Waals surface area contributed by atoms with Crippen molar-refractivity contribution < 1.29 is 10.3 Å². The third-order valence-corrected chi connectivity index (χ3v) is 6.34. The van der Waals surface area contributed by atoms with Crippen LogP contribution in [0.3, 0.4) is 0 Å². The first-order valence-electron chi connectivity index (χ1n) is 8.15. The molecule has 4 rings (SSSR count). The maximum atomic E-state index is 10.4. The Labute approximate surface area is 125 Å². The van der Waals surface area contributed by atoms with Crippen LogP contribution in [0.15, 0.2) is 40.1 Å². The van der Waals surface area contributed by atoms with Crippen molar-refractivity contribution in [3.05, 3.63) is 34.9 Å². The second kappa shape index (κ2) is 4.57. The predicted molar refractivity (Wildman–Crippen MR) is 82.3 cm³/mol. The van der Waals surface area contributed by atoms with Gasteiger partial charge in [0, 0.05) is 5.41 Å². The molecule has 21 heavy (non-hydrogen) atoms.